The van der Waals surface area contributed by atoms with Crippen LogP contribution in [0, 0.1) is 0 Å². The summed E-state index contributed by atoms with van der Waals surface area (Å²) in [7, 11) is 0. The molecule has 2 aromatic rings. The Bertz CT molecular complexity index is 809. The molecule has 1 aliphatic carbocycles. The van der Waals surface area contributed by atoms with E-state index in [2.05, 4.69) is 65.1 Å². The van der Waals surface area contributed by atoms with Crippen LogP contribution in [0.3, 0.4) is 0 Å². The third kappa shape index (κ3) is 3.98. The van der Waals surface area contributed by atoms with Crippen molar-refractivity contribution in [3.05, 3.63) is 71.8 Å². The van der Waals surface area contributed by atoms with Crippen LogP contribution >= 0.6 is 0 Å². The minimum absolute atomic E-state index is 0.0392. The number of anilines is 1. The van der Waals surface area contributed by atoms with Crippen molar-refractivity contribution in [1.29, 1.82) is 0 Å². The van der Waals surface area contributed by atoms with Crippen LogP contribution in [0.5, 0.6) is 0 Å². The average molecular weight is 362 g/mol. The topological polar surface area (TPSA) is 32.8 Å². The maximum Gasteiger partial charge on any atom is 0.126 e. The number of rotatable bonds is 6. The highest BCUT2D eigenvalue weighted by Gasteiger charge is 2.54. The number of carbonyl (C=O) groups excluding carboxylic acids is 1. The predicted octanol–water partition coefficient (Wildman–Crippen LogP) is 3.49. The lowest BCUT2D eigenvalue weighted by molar-refractivity contribution is -0.0321. The number of hydrogen-bond acceptors (Lipinski definition) is 4. The van der Waals surface area contributed by atoms with E-state index in [4.69, 9.17) is 4.74 Å². The number of para-hydroxylation sites is 1. The fourth-order valence-corrected chi connectivity index (χ4v) is 3.97. The van der Waals surface area contributed by atoms with Gasteiger partial charge in [-0.2, -0.15) is 0 Å². The molecule has 0 amide bonds. The molecule has 2 unspecified atom stereocenters. The van der Waals surface area contributed by atoms with Crippen molar-refractivity contribution >= 4 is 11.6 Å². The summed E-state index contributed by atoms with van der Waals surface area (Å²) in [5.74, 6) is 2.12. The lowest BCUT2D eigenvalue weighted by atomic mass is 10.1. The van der Waals surface area contributed by atoms with Gasteiger partial charge in [-0.3, -0.25) is 4.90 Å². The van der Waals surface area contributed by atoms with Gasteiger partial charge in [-0.15, -0.1) is 0 Å². The summed E-state index contributed by atoms with van der Waals surface area (Å²) in [6.07, 6.45) is 0.662. The maximum absolute atomic E-state index is 11.3. The Morgan fingerprint density at radius 1 is 1.00 bits per heavy atom. The minimum atomic E-state index is -0.452. The van der Waals surface area contributed by atoms with Crippen LogP contribution in [0.1, 0.15) is 25.0 Å². The molecule has 1 aliphatic heterocycles. The molecule has 0 bridgehead atoms. The predicted molar refractivity (Wildman–Crippen MR) is 108 cm³/mol. The number of nitrogens with zero attached hydrogens (tertiary/aromatic N) is 2. The molecule has 1 saturated heterocycles. The monoisotopic (exact) mass is 362 g/mol. The van der Waals surface area contributed by atoms with E-state index in [0.29, 0.717) is 6.42 Å². The maximum atomic E-state index is 11.3. The molecule has 0 N–H and O–H groups in total. The Hall–Kier alpha value is -2.39. The first-order chi connectivity index (χ1) is 13.2. The molecule has 0 radical (unpaired) electrons. The number of piperazine rings is 1. The van der Waals surface area contributed by atoms with E-state index in [0.717, 1.165) is 43.9 Å². The summed E-state index contributed by atoms with van der Waals surface area (Å²) in [6.45, 7) is 6.78. The minimum Gasteiger partial charge on any atom is -0.369 e. The van der Waals surface area contributed by atoms with Crippen LogP contribution < -0.4 is 4.90 Å². The van der Waals surface area contributed by atoms with Crippen molar-refractivity contribution in [3.63, 3.8) is 0 Å². The third-order valence-corrected chi connectivity index (χ3v) is 5.65. The van der Waals surface area contributed by atoms with E-state index < -0.39 is 5.60 Å². The molecule has 2 atom stereocenters. The molecule has 4 rings (SSSR count). The molecule has 1 heterocycles. The van der Waals surface area contributed by atoms with Crippen molar-refractivity contribution < 1.29 is 9.53 Å². The van der Waals surface area contributed by atoms with Gasteiger partial charge in [-0.25, -0.2) is 4.79 Å². The van der Waals surface area contributed by atoms with E-state index in [1.807, 2.05) is 18.2 Å². The lowest BCUT2D eigenvalue weighted by Crippen LogP contribution is -2.49. The van der Waals surface area contributed by atoms with E-state index in [1.54, 1.807) is 0 Å². The summed E-state index contributed by atoms with van der Waals surface area (Å²) in [4.78, 5) is 16.1. The fourth-order valence-electron chi connectivity index (χ4n) is 3.97. The molecule has 2 fully saturated rings. The molecule has 0 spiro atoms. The molecule has 2 aromatic carbocycles. The summed E-state index contributed by atoms with van der Waals surface area (Å²) < 4.78 is 6.40. The van der Waals surface area contributed by atoms with Crippen molar-refractivity contribution in [2.45, 2.75) is 25.0 Å². The van der Waals surface area contributed by atoms with Gasteiger partial charge in [-0.1, -0.05) is 48.5 Å². The SMILES string of the molecule is CC(OC1(CN2CCN(c3ccccc3)CC2)CC1=C=O)c1ccccc1. The second-order valence-corrected chi connectivity index (χ2v) is 7.52. The van der Waals surface area contributed by atoms with Crippen molar-refractivity contribution in [3.8, 4) is 0 Å². The second kappa shape index (κ2) is 7.69. The van der Waals surface area contributed by atoms with Gasteiger partial charge in [0, 0.05) is 44.8 Å². The van der Waals surface area contributed by atoms with Crippen LogP contribution in [0.4, 0.5) is 5.69 Å². The van der Waals surface area contributed by atoms with Crippen LogP contribution in [0.25, 0.3) is 0 Å². The highest BCUT2D eigenvalue weighted by molar-refractivity contribution is 5.65. The highest BCUT2D eigenvalue weighted by atomic mass is 16.5. The van der Waals surface area contributed by atoms with Gasteiger partial charge in [0.15, 0.2) is 0 Å². The largest absolute Gasteiger partial charge is 0.369 e. The second-order valence-electron chi connectivity index (χ2n) is 7.52. The zero-order valence-corrected chi connectivity index (χ0v) is 15.8. The van der Waals surface area contributed by atoms with Gasteiger partial charge >= 0.3 is 0 Å². The molecule has 4 nitrogen and oxygen atoms in total. The van der Waals surface area contributed by atoms with E-state index >= 15 is 0 Å². The molecule has 2 aliphatic rings. The highest BCUT2D eigenvalue weighted by Crippen LogP contribution is 2.48. The lowest BCUT2D eigenvalue weighted by Gasteiger charge is -2.38. The first-order valence-electron chi connectivity index (χ1n) is 9.70. The van der Waals surface area contributed by atoms with Crippen LogP contribution in [0.15, 0.2) is 66.2 Å². The van der Waals surface area contributed by atoms with E-state index in [-0.39, 0.29) is 6.10 Å². The Kier molecular flexibility index (Phi) is 5.13. The Morgan fingerprint density at radius 3 is 2.22 bits per heavy atom. The van der Waals surface area contributed by atoms with Crippen LogP contribution in [-0.2, 0) is 9.53 Å². The standard InChI is InChI=1S/C23H26N2O2/c1-19(20-8-4-2-5-9-20)27-23(16-21(23)17-26)18-24-12-14-25(15-13-24)22-10-6-3-7-11-22/h2-11,19H,12-16,18H2,1H3. The number of hydrogen-bond donors (Lipinski definition) is 0. The van der Waals surface area contributed by atoms with Gasteiger partial charge in [0.25, 0.3) is 0 Å². The first-order valence-corrected chi connectivity index (χ1v) is 9.70. The van der Waals surface area contributed by atoms with Crippen molar-refractivity contribution in [2.24, 2.45) is 0 Å². The zero-order valence-electron chi connectivity index (χ0n) is 15.8. The van der Waals surface area contributed by atoms with Gasteiger partial charge < -0.3 is 9.64 Å². The molecular formula is C23H26N2O2. The van der Waals surface area contributed by atoms with Gasteiger partial charge in [0.05, 0.1) is 11.7 Å². The van der Waals surface area contributed by atoms with E-state index in [9.17, 15) is 4.79 Å². The summed E-state index contributed by atoms with van der Waals surface area (Å²) in [5.41, 5.74) is 2.74. The number of benzene rings is 2. The quantitative estimate of drug-likeness (QED) is 0.737. The third-order valence-electron chi connectivity index (χ3n) is 5.65. The van der Waals surface area contributed by atoms with Gasteiger partial charge in [0.2, 0.25) is 0 Å². The first kappa shape index (κ1) is 18.0. The normalized spacial score (nSPS) is 23.7. The number of ether oxygens (including phenoxy) is 1. The smallest absolute Gasteiger partial charge is 0.126 e. The van der Waals surface area contributed by atoms with Crippen molar-refractivity contribution in [1.82, 2.24) is 4.90 Å². The van der Waals surface area contributed by atoms with Crippen LogP contribution in [0.2, 0.25) is 0 Å². The molecule has 140 valence electrons. The van der Waals surface area contributed by atoms with E-state index in [1.165, 1.54) is 5.69 Å². The molecule has 4 heteroatoms. The summed E-state index contributed by atoms with van der Waals surface area (Å²) in [6, 6.07) is 20.7. The van der Waals surface area contributed by atoms with Gasteiger partial charge in [-0.05, 0) is 24.6 Å². The summed E-state index contributed by atoms with van der Waals surface area (Å²) >= 11 is 0. The Labute approximate surface area is 161 Å². The summed E-state index contributed by atoms with van der Waals surface area (Å²) in [5, 5.41) is 0. The van der Waals surface area contributed by atoms with Gasteiger partial charge in [0.1, 0.15) is 11.5 Å². The van der Waals surface area contributed by atoms with Crippen molar-refractivity contribution in [2.75, 3.05) is 37.6 Å². The molecule has 0 aromatic heterocycles. The van der Waals surface area contributed by atoms with Crippen LogP contribution in [-0.4, -0.2) is 49.2 Å². The average Bonchev–Trinajstić information content (AvgIpc) is 3.42. The fraction of sp³-hybridized carbons (Fsp3) is 0.391. The Morgan fingerprint density at radius 2 is 1.63 bits per heavy atom. The molecular weight excluding hydrogens is 336 g/mol. The Balaban J connectivity index is 1.38. The zero-order chi connectivity index (χ0) is 18.7. The molecule has 27 heavy (non-hydrogen) atoms. The molecule has 1 saturated carbocycles.